The molecule has 1 N–H and O–H groups in total. The summed E-state index contributed by atoms with van der Waals surface area (Å²) in [5.41, 5.74) is 5.02. The largest absolute Gasteiger partial charge is 0.377 e. The van der Waals surface area contributed by atoms with Crippen LogP contribution in [0.1, 0.15) is 29.2 Å². The molecular weight excluding hydrogens is 277 g/mol. The molecule has 0 radical (unpaired) electrons. The fourth-order valence-electron chi connectivity index (χ4n) is 2.67. The molecule has 1 nitrogen and oxygen atoms in total. The molecule has 98 valence electrons. The van der Waals surface area contributed by atoms with Crippen LogP contribution in [0.5, 0.6) is 0 Å². The van der Waals surface area contributed by atoms with Gasteiger partial charge < -0.3 is 5.32 Å². The summed E-state index contributed by atoms with van der Waals surface area (Å²) in [5.74, 6) is 0. The first-order chi connectivity index (χ1) is 9.13. The zero-order chi connectivity index (χ0) is 13.4. The molecule has 0 heterocycles. The number of anilines is 1. The number of halogens is 2. The lowest BCUT2D eigenvalue weighted by atomic mass is 10.0. The van der Waals surface area contributed by atoms with Gasteiger partial charge in [0, 0.05) is 5.02 Å². The lowest BCUT2D eigenvalue weighted by Crippen LogP contribution is -2.07. The molecule has 2 aromatic rings. The van der Waals surface area contributed by atoms with E-state index in [0.29, 0.717) is 16.1 Å². The number of aryl methyl sites for hydroxylation is 2. The van der Waals surface area contributed by atoms with Gasteiger partial charge in [0.15, 0.2) is 0 Å². The zero-order valence-electron chi connectivity index (χ0n) is 10.7. The molecule has 0 spiro atoms. The van der Waals surface area contributed by atoms with E-state index in [2.05, 4.69) is 30.4 Å². The minimum Gasteiger partial charge on any atom is -0.377 e. The third-order valence-corrected chi connectivity index (χ3v) is 4.20. The van der Waals surface area contributed by atoms with Gasteiger partial charge in [-0.25, -0.2) is 0 Å². The van der Waals surface area contributed by atoms with Gasteiger partial charge in [0.1, 0.15) is 0 Å². The van der Waals surface area contributed by atoms with Gasteiger partial charge in [-0.2, -0.15) is 0 Å². The molecule has 1 aliphatic rings. The van der Waals surface area contributed by atoms with E-state index in [9.17, 15) is 0 Å². The van der Waals surface area contributed by atoms with Crippen LogP contribution in [0.3, 0.4) is 0 Å². The van der Waals surface area contributed by atoms with E-state index in [0.717, 1.165) is 18.5 Å². The lowest BCUT2D eigenvalue weighted by Gasteiger charge is -2.17. The quantitative estimate of drug-likeness (QED) is 0.781. The van der Waals surface area contributed by atoms with Crippen molar-refractivity contribution in [3.05, 3.63) is 63.1 Å². The molecule has 1 unspecified atom stereocenters. The molecular formula is C16H15Cl2N. The fourth-order valence-corrected chi connectivity index (χ4v) is 3.01. The van der Waals surface area contributed by atoms with Crippen molar-refractivity contribution in [3.8, 4) is 0 Å². The van der Waals surface area contributed by atoms with Crippen molar-refractivity contribution in [1.29, 1.82) is 0 Å². The average Bonchev–Trinajstić information content (AvgIpc) is 2.77. The predicted molar refractivity (Wildman–Crippen MR) is 82.3 cm³/mol. The Morgan fingerprint density at radius 3 is 2.79 bits per heavy atom. The first-order valence-electron chi connectivity index (χ1n) is 6.44. The van der Waals surface area contributed by atoms with Gasteiger partial charge in [-0.15, -0.1) is 0 Å². The predicted octanol–water partition coefficient (Wildman–Crippen LogP) is 5.40. The van der Waals surface area contributed by atoms with Gasteiger partial charge in [-0.1, -0.05) is 47.0 Å². The van der Waals surface area contributed by atoms with Crippen LogP contribution in [0, 0.1) is 6.92 Å². The SMILES string of the molecule is Cc1ccc2c(c1)C(Nc1cc(Cl)ccc1Cl)CC2. The second-order valence-corrected chi connectivity index (χ2v) is 5.91. The zero-order valence-corrected chi connectivity index (χ0v) is 12.2. The van der Waals surface area contributed by atoms with Crippen LogP contribution in [-0.2, 0) is 6.42 Å². The molecule has 1 aliphatic carbocycles. The van der Waals surface area contributed by atoms with Crippen molar-refractivity contribution in [2.75, 3.05) is 5.32 Å². The van der Waals surface area contributed by atoms with Crippen molar-refractivity contribution in [3.63, 3.8) is 0 Å². The standard InChI is InChI=1S/C16H15Cl2N/c1-10-2-3-11-4-7-15(13(11)8-10)19-16-9-12(17)5-6-14(16)18/h2-3,5-6,8-9,15,19H,4,7H2,1H3. The normalized spacial score (nSPS) is 17.3. The van der Waals surface area contributed by atoms with Crippen molar-refractivity contribution in [2.24, 2.45) is 0 Å². The van der Waals surface area contributed by atoms with E-state index in [-0.39, 0.29) is 0 Å². The highest BCUT2D eigenvalue weighted by Crippen LogP contribution is 2.36. The Bertz CT molecular complexity index is 622. The number of hydrogen-bond acceptors (Lipinski definition) is 1. The molecule has 1 atom stereocenters. The Morgan fingerprint density at radius 2 is 1.95 bits per heavy atom. The minimum absolute atomic E-state index is 0.325. The fraction of sp³-hybridized carbons (Fsp3) is 0.250. The van der Waals surface area contributed by atoms with E-state index in [1.165, 1.54) is 16.7 Å². The second kappa shape index (κ2) is 5.07. The molecule has 0 saturated heterocycles. The van der Waals surface area contributed by atoms with E-state index in [1.807, 2.05) is 18.2 Å². The summed E-state index contributed by atoms with van der Waals surface area (Å²) in [6.45, 7) is 2.13. The van der Waals surface area contributed by atoms with Crippen molar-refractivity contribution >= 4 is 28.9 Å². The Balaban J connectivity index is 1.90. The molecule has 0 amide bonds. The van der Waals surface area contributed by atoms with Gasteiger partial charge in [-0.3, -0.25) is 0 Å². The number of fused-ring (bicyclic) bond motifs is 1. The maximum atomic E-state index is 6.21. The number of nitrogens with one attached hydrogen (secondary N) is 1. The molecule has 19 heavy (non-hydrogen) atoms. The molecule has 0 aliphatic heterocycles. The van der Waals surface area contributed by atoms with Crippen molar-refractivity contribution in [1.82, 2.24) is 0 Å². The Labute approximate surface area is 123 Å². The van der Waals surface area contributed by atoms with Gasteiger partial charge in [0.2, 0.25) is 0 Å². The number of benzene rings is 2. The van der Waals surface area contributed by atoms with Crippen LogP contribution in [0.2, 0.25) is 10.0 Å². The molecule has 3 rings (SSSR count). The Hall–Kier alpha value is -1.18. The maximum Gasteiger partial charge on any atom is 0.0638 e. The topological polar surface area (TPSA) is 12.0 Å². The molecule has 0 fully saturated rings. The summed E-state index contributed by atoms with van der Waals surface area (Å²) >= 11 is 12.2. The summed E-state index contributed by atoms with van der Waals surface area (Å²) in [5, 5.41) is 4.93. The maximum absolute atomic E-state index is 6.21. The van der Waals surface area contributed by atoms with Crippen molar-refractivity contribution in [2.45, 2.75) is 25.8 Å². The van der Waals surface area contributed by atoms with E-state index >= 15 is 0 Å². The highest BCUT2D eigenvalue weighted by atomic mass is 35.5. The highest BCUT2D eigenvalue weighted by Gasteiger charge is 2.22. The first-order valence-corrected chi connectivity index (χ1v) is 7.20. The van der Waals surface area contributed by atoms with Crippen LogP contribution >= 0.6 is 23.2 Å². The summed E-state index contributed by atoms with van der Waals surface area (Å²) in [7, 11) is 0. The molecule has 0 saturated carbocycles. The van der Waals surface area contributed by atoms with Crippen LogP contribution in [0.15, 0.2) is 36.4 Å². The summed E-state index contributed by atoms with van der Waals surface area (Å²) < 4.78 is 0. The lowest BCUT2D eigenvalue weighted by molar-refractivity contribution is 0.762. The summed E-state index contributed by atoms with van der Waals surface area (Å²) in [6, 6.07) is 12.5. The minimum atomic E-state index is 0.325. The van der Waals surface area contributed by atoms with E-state index in [1.54, 1.807) is 0 Å². The first kappa shape index (κ1) is 12.8. The molecule has 2 aromatic carbocycles. The molecule has 0 bridgehead atoms. The smallest absolute Gasteiger partial charge is 0.0638 e. The number of rotatable bonds is 2. The summed E-state index contributed by atoms with van der Waals surface area (Å²) in [4.78, 5) is 0. The van der Waals surface area contributed by atoms with Crippen LogP contribution in [0.25, 0.3) is 0 Å². The molecule has 0 aromatic heterocycles. The van der Waals surface area contributed by atoms with Crippen LogP contribution in [-0.4, -0.2) is 0 Å². The van der Waals surface area contributed by atoms with Gasteiger partial charge in [0.05, 0.1) is 16.8 Å². The van der Waals surface area contributed by atoms with Gasteiger partial charge in [0.25, 0.3) is 0 Å². The van der Waals surface area contributed by atoms with Crippen LogP contribution < -0.4 is 5.32 Å². The van der Waals surface area contributed by atoms with Crippen molar-refractivity contribution < 1.29 is 0 Å². The number of hydrogen-bond donors (Lipinski definition) is 1. The summed E-state index contributed by atoms with van der Waals surface area (Å²) in [6.07, 6.45) is 2.22. The highest BCUT2D eigenvalue weighted by molar-refractivity contribution is 6.35. The van der Waals surface area contributed by atoms with Crippen LogP contribution in [0.4, 0.5) is 5.69 Å². The second-order valence-electron chi connectivity index (χ2n) is 5.06. The van der Waals surface area contributed by atoms with Gasteiger partial charge >= 0.3 is 0 Å². The van der Waals surface area contributed by atoms with E-state index < -0.39 is 0 Å². The molecule has 3 heteroatoms. The van der Waals surface area contributed by atoms with Gasteiger partial charge in [-0.05, 0) is 49.1 Å². The average molecular weight is 292 g/mol. The Kier molecular flexibility index (Phi) is 3.42. The third kappa shape index (κ3) is 2.58. The Morgan fingerprint density at radius 1 is 1.11 bits per heavy atom. The van der Waals surface area contributed by atoms with E-state index in [4.69, 9.17) is 23.2 Å². The third-order valence-electron chi connectivity index (χ3n) is 3.64. The monoisotopic (exact) mass is 291 g/mol.